The number of hydrogen-bond acceptors (Lipinski definition) is 2. The first-order chi connectivity index (χ1) is 9.54. The molecule has 2 aliphatic carbocycles. The van der Waals surface area contributed by atoms with Crippen LogP contribution in [0.4, 0.5) is 13.2 Å². The van der Waals surface area contributed by atoms with E-state index in [0.717, 1.165) is 19.3 Å². The van der Waals surface area contributed by atoms with Gasteiger partial charge in [-0.05, 0) is 43.7 Å². The zero-order chi connectivity index (χ0) is 14.2. The molecule has 112 valence electrons. The van der Waals surface area contributed by atoms with Crippen LogP contribution in [0, 0.1) is 5.92 Å². The van der Waals surface area contributed by atoms with Crippen molar-refractivity contribution < 1.29 is 13.2 Å². The number of thiophene rings is 1. The number of fused-ring (bicyclic) bond motifs is 1. The summed E-state index contributed by atoms with van der Waals surface area (Å²) in [5.74, 6) is -1.16. The predicted octanol–water partition coefficient (Wildman–Crippen LogP) is 4.45. The molecule has 1 heterocycles. The molecule has 2 aliphatic rings. The van der Waals surface area contributed by atoms with E-state index in [1.807, 2.05) is 0 Å². The van der Waals surface area contributed by atoms with Crippen LogP contribution in [0.3, 0.4) is 0 Å². The molecule has 0 aliphatic heterocycles. The fourth-order valence-electron chi connectivity index (χ4n) is 3.48. The quantitative estimate of drug-likeness (QED) is 0.870. The van der Waals surface area contributed by atoms with Gasteiger partial charge in [0.15, 0.2) is 0 Å². The van der Waals surface area contributed by atoms with Gasteiger partial charge < -0.3 is 5.32 Å². The Hall–Kier alpha value is -0.550. The van der Waals surface area contributed by atoms with Crippen molar-refractivity contribution in [3.8, 4) is 0 Å². The number of hydrogen-bond donors (Lipinski definition) is 1. The van der Waals surface area contributed by atoms with Crippen LogP contribution < -0.4 is 5.32 Å². The number of rotatable bonds is 3. The Balaban J connectivity index is 1.61. The Kier molecular flexibility index (Phi) is 4.09. The van der Waals surface area contributed by atoms with Gasteiger partial charge in [0.2, 0.25) is 0 Å². The number of aryl methyl sites for hydroxylation is 2. The predicted molar refractivity (Wildman–Crippen MR) is 75.0 cm³/mol. The maximum absolute atomic E-state index is 13.0. The van der Waals surface area contributed by atoms with E-state index in [9.17, 15) is 13.2 Å². The van der Waals surface area contributed by atoms with E-state index in [4.69, 9.17) is 0 Å². The number of alkyl halides is 3. The molecule has 0 bridgehead atoms. The number of halogens is 3. The van der Waals surface area contributed by atoms with E-state index in [2.05, 4.69) is 11.4 Å². The van der Waals surface area contributed by atoms with Crippen molar-refractivity contribution in [2.45, 2.75) is 63.7 Å². The van der Waals surface area contributed by atoms with Crippen molar-refractivity contribution >= 4 is 11.3 Å². The highest BCUT2D eigenvalue weighted by Crippen LogP contribution is 2.38. The molecular formula is C15H20F3NS. The largest absolute Gasteiger partial charge is 0.393 e. The van der Waals surface area contributed by atoms with Gasteiger partial charge in [-0.2, -0.15) is 13.2 Å². The van der Waals surface area contributed by atoms with E-state index < -0.39 is 18.1 Å². The van der Waals surface area contributed by atoms with Crippen LogP contribution in [0.5, 0.6) is 0 Å². The number of nitrogens with one attached hydrogen (secondary N) is 1. The van der Waals surface area contributed by atoms with Crippen molar-refractivity contribution in [1.29, 1.82) is 0 Å². The zero-order valence-electron chi connectivity index (χ0n) is 11.4. The minimum absolute atomic E-state index is 0.280. The summed E-state index contributed by atoms with van der Waals surface area (Å²) in [5.41, 5.74) is 1.42. The van der Waals surface area contributed by atoms with Crippen LogP contribution >= 0.6 is 11.3 Å². The summed E-state index contributed by atoms with van der Waals surface area (Å²) in [6.45, 7) is 0.592. The highest BCUT2D eigenvalue weighted by molar-refractivity contribution is 7.12. The summed E-state index contributed by atoms with van der Waals surface area (Å²) >= 11 is 1.78. The fraction of sp³-hybridized carbons (Fsp3) is 0.733. The first-order valence-electron chi connectivity index (χ1n) is 7.44. The second-order valence-corrected chi connectivity index (χ2v) is 7.16. The van der Waals surface area contributed by atoms with Gasteiger partial charge in [0, 0.05) is 22.3 Å². The van der Waals surface area contributed by atoms with Crippen LogP contribution in [0.1, 0.15) is 47.4 Å². The lowest BCUT2D eigenvalue weighted by Gasteiger charge is -2.33. The molecule has 1 saturated carbocycles. The Labute approximate surface area is 121 Å². The summed E-state index contributed by atoms with van der Waals surface area (Å²) < 4.78 is 39.0. The molecule has 2 unspecified atom stereocenters. The lowest BCUT2D eigenvalue weighted by Crippen LogP contribution is -2.45. The minimum atomic E-state index is -4.06. The lowest BCUT2D eigenvalue weighted by atomic mass is 9.84. The molecule has 0 spiro atoms. The summed E-state index contributed by atoms with van der Waals surface area (Å²) in [6, 6.07) is 1.78. The fourth-order valence-corrected chi connectivity index (χ4v) is 4.69. The zero-order valence-corrected chi connectivity index (χ0v) is 12.2. The van der Waals surface area contributed by atoms with Crippen LogP contribution in [0.25, 0.3) is 0 Å². The van der Waals surface area contributed by atoms with Crippen LogP contribution in [-0.4, -0.2) is 12.2 Å². The van der Waals surface area contributed by atoms with Crippen molar-refractivity contribution in [2.24, 2.45) is 5.92 Å². The van der Waals surface area contributed by atoms with Gasteiger partial charge >= 0.3 is 6.18 Å². The lowest BCUT2D eigenvalue weighted by molar-refractivity contribution is -0.189. The monoisotopic (exact) mass is 303 g/mol. The Morgan fingerprint density at radius 3 is 2.70 bits per heavy atom. The smallest absolute Gasteiger partial charge is 0.308 e. The molecular weight excluding hydrogens is 283 g/mol. The third-order valence-corrected chi connectivity index (χ3v) is 5.76. The van der Waals surface area contributed by atoms with E-state index >= 15 is 0 Å². The van der Waals surface area contributed by atoms with Gasteiger partial charge in [-0.1, -0.05) is 12.8 Å². The van der Waals surface area contributed by atoms with Crippen LogP contribution in [0.15, 0.2) is 6.07 Å². The van der Waals surface area contributed by atoms with Gasteiger partial charge in [-0.3, -0.25) is 0 Å². The Bertz CT molecular complexity index is 445. The maximum atomic E-state index is 13.0. The molecule has 1 aromatic heterocycles. The molecule has 0 radical (unpaired) electrons. The van der Waals surface area contributed by atoms with Gasteiger partial charge in [0.25, 0.3) is 0 Å². The highest BCUT2D eigenvalue weighted by atomic mass is 32.1. The molecule has 0 aromatic carbocycles. The first-order valence-corrected chi connectivity index (χ1v) is 8.26. The first kappa shape index (κ1) is 14.4. The van der Waals surface area contributed by atoms with E-state index in [0.29, 0.717) is 19.4 Å². The van der Waals surface area contributed by atoms with Crippen molar-refractivity contribution in [3.05, 3.63) is 21.4 Å². The Morgan fingerprint density at radius 1 is 1.15 bits per heavy atom. The SMILES string of the molecule is FC(F)(F)C1CCCCC1NCc1cc2c(s1)CCC2. The van der Waals surface area contributed by atoms with Crippen molar-refractivity contribution in [1.82, 2.24) is 5.32 Å². The van der Waals surface area contributed by atoms with Gasteiger partial charge in [-0.25, -0.2) is 0 Å². The third kappa shape index (κ3) is 3.03. The summed E-state index contributed by atoms with van der Waals surface area (Å²) in [5, 5.41) is 3.17. The molecule has 2 atom stereocenters. The van der Waals surface area contributed by atoms with E-state index in [1.54, 1.807) is 11.3 Å². The molecule has 1 nitrogen and oxygen atoms in total. The molecule has 1 N–H and O–H groups in total. The second kappa shape index (κ2) is 5.68. The third-order valence-electron chi connectivity index (χ3n) is 4.52. The molecule has 0 saturated heterocycles. The molecule has 1 fully saturated rings. The average Bonchev–Trinajstić information content (AvgIpc) is 2.96. The molecule has 1 aromatic rings. The van der Waals surface area contributed by atoms with Gasteiger partial charge in [0.1, 0.15) is 0 Å². The van der Waals surface area contributed by atoms with E-state index in [-0.39, 0.29) is 6.42 Å². The highest BCUT2D eigenvalue weighted by Gasteiger charge is 2.45. The standard InChI is InChI=1S/C15H20F3NS/c16-15(17,18)12-5-1-2-6-13(12)19-9-11-8-10-4-3-7-14(10)20-11/h8,12-13,19H,1-7,9H2. The molecule has 0 amide bonds. The molecule has 20 heavy (non-hydrogen) atoms. The van der Waals surface area contributed by atoms with Crippen molar-refractivity contribution in [3.63, 3.8) is 0 Å². The van der Waals surface area contributed by atoms with Crippen molar-refractivity contribution in [2.75, 3.05) is 0 Å². The normalized spacial score (nSPS) is 26.8. The van der Waals surface area contributed by atoms with Gasteiger partial charge in [-0.15, -0.1) is 11.3 Å². The average molecular weight is 303 g/mol. The topological polar surface area (TPSA) is 12.0 Å². The minimum Gasteiger partial charge on any atom is -0.308 e. The summed E-state index contributed by atoms with van der Waals surface area (Å²) in [4.78, 5) is 2.64. The Morgan fingerprint density at radius 2 is 1.95 bits per heavy atom. The van der Waals surface area contributed by atoms with E-state index in [1.165, 1.54) is 21.7 Å². The second-order valence-electron chi connectivity index (χ2n) is 5.93. The van der Waals surface area contributed by atoms with Crippen LogP contribution in [-0.2, 0) is 19.4 Å². The maximum Gasteiger partial charge on any atom is 0.393 e. The summed E-state index contributed by atoms with van der Waals surface area (Å²) in [7, 11) is 0. The van der Waals surface area contributed by atoms with Crippen LogP contribution in [0.2, 0.25) is 0 Å². The van der Waals surface area contributed by atoms with Gasteiger partial charge in [0.05, 0.1) is 5.92 Å². The molecule has 3 rings (SSSR count). The molecule has 5 heteroatoms. The summed E-state index contributed by atoms with van der Waals surface area (Å²) in [6.07, 6.45) is 2.00.